The summed E-state index contributed by atoms with van der Waals surface area (Å²) in [6.45, 7) is 1.77. The Morgan fingerprint density at radius 3 is 2.44 bits per heavy atom. The Bertz CT molecular complexity index is 942. The van der Waals surface area contributed by atoms with Crippen LogP contribution in [0.1, 0.15) is 16.7 Å². The van der Waals surface area contributed by atoms with Crippen LogP contribution in [0.5, 0.6) is 11.5 Å². The molecule has 7 heteroatoms. The summed E-state index contributed by atoms with van der Waals surface area (Å²) in [5.74, 6) is 0.221. The fraction of sp³-hybridized carbons (Fsp3) is 0.200. The molecular formula is C20H18FNO4S. The summed E-state index contributed by atoms with van der Waals surface area (Å²) in [5, 5.41) is -0.423. The summed E-state index contributed by atoms with van der Waals surface area (Å²) in [7, 11) is 3.07. The van der Waals surface area contributed by atoms with Gasteiger partial charge in [0.2, 0.25) is 0 Å². The minimum Gasteiger partial charge on any atom is -0.493 e. The molecule has 0 aliphatic carbocycles. The van der Waals surface area contributed by atoms with Crippen molar-refractivity contribution in [1.82, 2.24) is 4.90 Å². The number of hydrogen-bond acceptors (Lipinski definition) is 5. The van der Waals surface area contributed by atoms with Crippen LogP contribution in [-0.4, -0.2) is 30.3 Å². The van der Waals surface area contributed by atoms with Crippen LogP contribution in [0.15, 0.2) is 41.3 Å². The molecular weight excluding hydrogens is 369 g/mol. The molecule has 1 aliphatic heterocycles. The van der Waals surface area contributed by atoms with Gasteiger partial charge in [0, 0.05) is 5.56 Å². The zero-order valence-electron chi connectivity index (χ0n) is 15.1. The molecule has 0 spiro atoms. The van der Waals surface area contributed by atoms with Gasteiger partial charge in [-0.2, -0.15) is 0 Å². The molecule has 2 aromatic carbocycles. The van der Waals surface area contributed by atoms with Crippen molar-refractivity contribution in [3.05, 3.63) is 63.8 Å². The molecule has 1 aliphatic rings. The van der Waals surface area contributed by atoms with E-state index in [1.165, 1.54) is 13.2 Å². The molecule has 0 unspecified atom stereocenters. The van der Waals surface area contributed by atoms with Gasteiger partial charge in [-0.1, -0.05) is 18.2 Å². The van der Waals surface area contributed by atoms with Crippen molar-refractivity contribution in [2.24, 2.45) is 0 Å². The van der Waals surface area contributed by atoms with Gasteiger partial charge < -0.3 is 9.47 Å². The highest BCUT2D eigenvalue weighted by Gasteiger charge is 2.35. The number of carbonyl (C=O) groups excluding carboxylic acids is 2. The summed E-state index contributed by atoms with van der Waals surface area (Å²) < 4.78 is 24.4. The lowest BCUT2D eigenvalue weighted by molar-refractivity contribution is -0.123. The molecule has 1 fully saturated rings. The highest BCUT2D eigenvalue weighted by Crippen LogP contribution is 2.36. The molecule has 27 heavy (non-hydrogen) atoms. The molecule has 2 amide bonds. The van der Waals surface area contributed by atoms with Crippen LogP contribution in [0.3, 0.4) is 0 Å². The lowest BCUT2D eigenvalue weighted by Gasteiger charge is -2.13. The fourth-order valence-electron chi connectivity index (χ4n) is 2.73. The van der Waals surface area contributed by atoms with Gasteiger partial charge in [0.15, 0.2) is 11.5 Å². The summed E-state index contributed by atoms with van der Waals surface area (Å²) in [6.07, 6.45) is 1.64. The molecule has 1 saturated heterocycles. The topological polar surface area (TPSA) is 55.8 Å². The number of nitrogens with zero attached hydrogens (tertiary/aromatic N) is 1. The maximum Gasteiger partial charge on any atom is 0.293 e. The largest absolute Gasteiger partial charge is 0.493 e. The normalized spacial score (nSPS) is 15.6. The third-order valence-corrected chi connectivity index (χ3v) is 5.13. The number of methoxy groups -OCH3 is 2. The predicted molar refractivity (Wildman–Crippen MR) is 102 cm³/mol. The number of aryl methyl sites for hydroxylation is 1. The van der Waals surface area contributed by atoms with Gasteiger partial charge in [-0.15, -0.1) is 0 Å². The van der Waals surface area contributed by atoms with Crippen molar-refractivity contribution in [2.75, 3.05) is 14.2 Å². The summed E-state index contributed by atoms with van der Waals surface area (Å²) >= 11 is 0.838. The average molecular weight is 387 g/mol. The maximum atomic E-state index is 13.9. The van der Waals surface area contributed by atoms with Crippen molar-refractivity contribution in [1.29, 1.82) is 0 Å². The van der Waals surface area contributed by atoms with Gasteiger partial charge in [-0.25, -0.2) is 4.39 Å². The molecule has 140 valence electrons. The van der Waals surface area contributed by atoms with Crippen LogP contribution < -0.4 is 9.47 Å². The van der Waals surface area contributed by atoms with E-state index in [2.05, 4.69) is 0 Å². The maximum absolute atomic E-state index is 13.9. The molecule has 0 bridgehead atoms. The van der Waals surface area contributed by atoms with Crippen molar-refractivity contribution >= 4 is 29.0 Å². The van der Waals surface area contributed by atoms with Gasteiger partial charge in [-0.05, 0) is 54.1 Å². The first-order chi connectivity index (χ1) is 12.9. The van der Waals surface area contributed by atoms with Crippen molar-refractivity contribution in [2.45, 2.75) is 13.5 Å². The zero-order chi connectivity index (χ0) is 19.6. The second kappa shape index (κ2) is 7.84. The van der Waals surface area contributed by atoms with Crippen molar-refractivity contribution < 1.29 is 23.5 Å². The molecule has 5 nitrogen and oxygen atoms in total. The zero-order valence-corrected chi connectivity index (χ0v) is 15.9. The standard InChI is InChI=1S/C20H18FNO4S/c1-12-8-16(25-2)17(26-3)9-14(12)10-18-19(23)22(20(24)27-18)11-13-6-4-5-7-15(13)21/h4-10H,11H2,1-3H3. The smallest absolute Gasteiger partial charge is 0.293 e. The Balaban J connectivity index is 1.90. The number of hydrogen-bond donors (Lipinski definition) is 0. The van der Waals surface area contributed by atoms with Gasteiger partial charge in [0.05, 0.1) is 25.7 Å². The van der Waals surface area contributed by atoms with E-state index in [0.717, 1.165) is 27.8 Å². The number of ether oxygens (including phenoxy) is 2. The highest BCUT2D eigenvalue weighted by atomic mass is 32.2. The van der Waals surface area contributed by atoms with E-state index in [-0.39, 0.29) is 11.4 Å². The quantitative estimate of drug-likeness (QED) is 0.713. The number of thioether (sulfide) groups is 1. The molecule has 0 N–H and O–H groups in total. The monoisotopic (exact) mass is 387 g/mol. The van der Waals surface area contributed by atoms with E-state index in [1.54, 1.807) is 43.5 Å². The fourth-order valence-corrected chi connectivity index (χ4v) is 3.56. The van der Waals surface area contributed by atoms with E-state index < -0.39 is 17.0 Å². The first-order valence-corrected chi connectivity index (χ1v) is 8.97. The number of benzene rings is 2. The minimum absolute atomic E-state index is 0.0976. The Kier molecular flexibility index (Phi) is 5.51. The van der Waals surface area contributed by atoms with Gasteiger partial charge in [0.25, 0.3) is 11.1 Å². The van der Waals surface area contributed by atoms with Gasteiger partial charge in [-0.3, -0.25) is 14.5 Å². The Labute approximate surface area is 160 Å². The van der Waals surface area contributed by atoms with Crippen LogP contribution in [0.25, 0.3) is 6.08 Å². The van der Waals surface area contributed by atoms with Crippen molar-refractivity contribution in [3.8, 4) is 11.5 Å². The third kappa shape index (κ3) is 3.83. The van der Waals surface area contributed by atoms with Gasteiger partial charge in [0.1, 0.15) is 5.82 Å². The lowest BCUT2D eigenvalue weighted by atomic mass is 10.1. The second-order valence-corrected chi connectivity index (χ2v) is 6.92. The SMILES string of the molecule is COc1cc(C)c(C=C2SC(=O)N(Cc3ccccc3F)C2=O)cc1OC. The first-order valence-electron chi connectivity index (χ1n) is 8.16. The molecule has 3 rings (SSSR count). The van der Waals surface area contributed by atoms with Crippen LogP contribution in [0, 0.1) is 12.7 Å². The summed E-state index contributed by atoms with van der Waals surface area (Å²) in [5.41, 5.74) is 1.90. The number of amides is 2. The minimum atomic E-state index is -0.448. The van der Waals surface area contributed by atoms with Crippen molar-refractivity contribution in [3.63, 3.8) is 0 Å². The number of carbonyl (C=O) groups is 2. The highest BCUT2D eigenvalue weighted by molar-refractivity contribution is 8.18. The predicted octanol–water partition coefficient (Wildman–Crippen LogP) is 4.39. The number of rotatable bonds is 5. The van der Waals surface area contributed by atoms with E-state index in [4.69, 9.17) is 9.47 Å². The number of halogens is 1. The lowest BCUT2D eigenvalue weighted by Crippen LogP contribution is -2.27. The molecule has 0 radical (unpaired) electrons. The van der Waals surface area contributed by atoms with Crippen LogP contribution in [0.4, 0.5) is 9.18 Å². The molecule has 2 aromatic rings. The van der Waals surface area contributed by atoms with Crippen LogP contribution >= 0.6 is 11.8 Å². The molecule has 0 aromatic heterocycles. The Morgan fingerprint density at radius 1 is 1.11 bits per heavy atom. The summed E-state index contributed by atoms with van der Waals surface area (Å²) in [6, 6.07) is 9.64. The van der Waals surface area contributed by atoms with Crippen LogP contribution in [0.2, 0.25) is 0 Å². The summed E-state index contributed by atoms with van der Waals surface area (Å²) in [4.78, 5) is 26.3. The van der Waals surface area contributed by atoms with E-state index >= 15 is 0 Å². The van der Waals surface area contributed by atoms with E-state index in [9.17, 15) is 14.0 Å². The molecule has 0 atom stereocenters. The second-order valence-electron chi connectivity index (χ2n) is 5.92. The van der Waals surface area contributed by atoms with Gasteiger partial charge >= 0.3 is 0 Å². The van der Waals surface area contributed by atoms with Crippen LogP contribution in [-0.2, 0) is 11.3 Å². The average Bonchev–Trinajstić information content (AvgIpc) is 2.92. The Hall–Kier alpha value is -2.80. The van der Waals surface area contributed by atoms with E-state index in [0.29, 0.717) is 17.1 Å². The molecule has 1 heterocycles. The van der Waals surface area contributed by atoms with E-state index in [1.807, 2.05) is 6.92 Å². The molecule has 0 saturated carbocycles. The number of imide groups is 1. The first kappa shape index (κ1) is 19.0. The Morgan fingerprint density at radius 2 is 1.78 bits per heavy atom. The third-order valence-electron chi connectivity index (χ3n) is 4.22.